The van der Waals surface area contributed by atoms with E-state index >= 15 is 0 Å². The van der Waals surface area contributed by atoms with Crippen LogP contribution in [0.2, 0.25) is 0 Å². The summed E-state index contributed by atoms with van der Waals surface area (Å²) in [6.07, 6.45) is -67.4. The molecule has 41 heteroatoms. The number of aliphatic hydroxyl groups excluding tert-OH is 20. The molecular weight excluding hydrogens is 1260 g/mol. The van der Waals surface area contributed by atoms with Gasteiger partial charge in [-0.2, -0.15) is 0 Å². The normalized spacial score (nSPS) is 47.6. The van der Waals surface area contributed by atoms with Crippen LogP contribution in [0.4, 0.5) is 0 Å². The molecule has 7 saturated heterocycles. The highest BCUT2D eigenvalue weighted by atomic mass is 16.8. The summed E-state index contributed by atoms with van der Waals surface area (Å²) < 4.78 is 76.7. The second-order valence-electron chi connectivity index (χ2n) is 23.2. The Bertz CT molecular complexity index is 2400. The van der Waals surface area contributed by atoms with E-state index in [1.165, 1.54) is 6.92 Å². The molecule has 532 valence electrons. The summed E-state index contributed by atoms with van der Waals surface area (Å²) in [6.45, 7) is -2.42. The molecular formula is C51H85N3O38. The second-order valence-corrected chi connectivity index (χ2v) is 23.2. The van der Waals surface area contributed by atoms with Gasteiger partial charge in [0.25, 0.3) is 5.79 Å². The SMILES string of the molecule is CC(=O)N[C@@H]1[C@@H](O[C@@H]2O[C@H](CO)[C@H](O[C@@H]3O[C@H](CO)[C@H](O)[C@H](O)[C@H]3O)[C@H](O[C@]3(C(=O)O)C[C@H](O)[C@@H](O)[C@H]([C@H](O)[C@H](O)CO)O3)[C@H]2O)[C@@H](O)[C@@H](CO[C@@H]2O[C@H](CO)[C@@H](O[C@@H]3O[C@@H](C)[C@@H](O)[C@@H](O)[C@@H]3O)[C@H](O[C@@H]3O[C@H](CO)[C@@H](O)[C@H](O)[C@H]3NC(C)=O)[C@H]2NC(C)=O)O[C@@H]1O. The van der Waals surface area contributed by atoms with Crippen molar-refractivity contribution in [2.24, 2.45) is 0 Å². The molecule has 7 aliphatic rings. The molecule has 0 bridgehead atoms. The van der Waals surface area contributed by atoms with Gasteiger partial charge in [-0.25, -0.2) is 4.79 Å². The van der Waals surface area contributed by atoms with Crippen LogP contribution in [0.1, 0.15) is 34.1 Å². The van der Waals surface area contributed by atoms with Crippen LogP contribution >= 0.6 is 0 Å². The minimum Gasteiger partial charge on any atom is -0.477 e. The topological polar surface area (TPSA) is 649 Å². The lowest BCUT2D eigenvalue weighted by molar-refractivity contribution is -0.404. The van der Waals surface area contributed by atoms with Gasteiger partial charge in [-0.3, -0.25) is 14.4 Å². The number of ether oxygens (including phenoxy) is 13. The van der Waals surface area contributed by atoms with Gasteiger partial charge in [0.15, 0.2) is 37.7 Å². The summed E-state index contributed by atoms with van der Waals surface area (Å²) in [4.78, 5) is 51.8. The van der Waals surface area contributed by atoms with Crippen molar-refractivity contribution in [1.29, 1.82) is 0 Å². The van der Waals surface area contributed by atoms with E-state index in [9.17, 15) is 126 Å². The summed E-state index contributed by atoms with van der Waals surface area (Å²) in [5, 5.41) is 235. The molecule has 0 saturated carbocycles. The van der Waals surface area contributed by atoms with Crippen molar-refractivity contribution >= 4 is 23.7 Å². The zero-order chi connectivity index (χ0) is 68.3. The van der Waals surface area contributed by atoms with Crippen molar-refractivity contribution in [3.63, 3.8) is 0 Å². The van der Waals surface area contributed by atoms with E-state index < -0.39 is 290 Å². The van der Waals surface area contributed by atoms with E-state index in [1.807, 2.05) is 0 Å². The molecule has 41 nitrogen and oxygen atoms in total. The van der Waals surface area contributed by atoms with Gasteiger partial charge >= 0.3 is 5.97 Å². The second kappa shape index (κ2) is 32.3. The Morgan fingerprint density at radius 2 is 0.924 bits per heavy atom. The number of aliphatic carboxylic acids is 1. The van der Waals surface area contributed by atoms with Crippen LogP contribution in [-0.2, 0) is 80.8 Å². The quantitative estimate of drug-likeness (QED) is 0.0427. The molecule has 0 spiro atoms. The maximum Gasteiger partial charge on any atom is 0.364 e. The van der Waals surface area contributed by atoms with Gasteiger partial charge in [-0.1, -0.05) is 0 Å². The number of carboxylic acids is 1. The largest absolute Gasteiger partial charge is 0.477 e. The molecule has 0 aromatic carbocycles. The van der Waals surface area contributed by atoms with Gasteiger partial charge in [0, 0.05) is 27.2 Å². The van der Waals surface area contributed by atoms with Gasteiger partial charge in [0.2, 0.25) is 17.7 Å². The standard InChI is InChI=1S/C51H85N3O38/c1-12-26(65)33(72)35(74)47(81-12)87-38-20(9-58)85-45(25(54-15(4)62)41(38)90-46-23(52-13(2)60)32(71)29(68)18(7-56)83-46)80-11-22-31(70)40(24(44(77)82-22)53-14(3)61)89-49-37(76)43(39(21(10-59)86-49)88-48-36(75)34(73)30(69)19(8-57)84-48)92-51(50(78)79)5-16(63)27(66)42(91-51)28(67)17(64)6-55/h12,16-49,55-59,63-77H,5-11H2,1-4H3,(H,52,60)(H,53,61)(H,54,62)(H,78,79)/t12-,16-,17+,18+,19+,20+,21+,22+,23+,24+,25+,26+,27+,28+,29+,30-,31-,32+,33+,34-,35-,36+,37+,38+,39-,40+,41+,42+,43+,44-,45+,46-,47-,48-,49-,51-/m0/s1. The van der Waals surface area contributed by atoms with Crippen LogP contribution in [-0.4, -0.2) is 391 Å². The van der Waals surface area contributed by atoms with E-state index in [2.05, 4.69) is 16.0 Å². The van der Waals surface area contributed by atoms with Crippen LogP contribution in [0.5, 0.6) is 0 Å². The maximum absolute atomic E-state index is 13.4. The molecule has 0 aromatic rings. The van der Waals surface area contributed by atoms with Gasteiger partial charge in [0.05, 0.1) is 51.8 Å². The van der Waals surface area contributed by atoms with Crippen molar-refractivity contribution in [3.05, 3.63) is 0 Å². The van der Waals surface area contributed by atoms with Crippen molar-refractivity contribution in [2.75, 3.05) is 39.6 Å². The summed E-state index contributed by atoms with van der Waals surface area (Å²) in [5.74, 6) is -8.28. The monoisotopic (exact) mass is 1350 g/mol. The average molecular weight is 1350 g/mol. The molecule has 7 heterocycles. The number of aliphatic hydroxyl groups is 20. The molecule has 0 radical (unpaired) electrons. The fraction of sp³-hybridized carbons (Fsp3) is 0.922. The Hall–Kier alpha value is -3.44. The predicted molar refractivity (Wildman–Crippen MR) is 282 cm³/mol. The van der Waals surface area contributed by atoms with E-state index in [0.717, 1.165) is 20.8 Å². The summed E-state index contributed by atoms with van der Waals surface area (Å²) in [6, 6.07) is -5.47. The first-order chi connectivity index (χ1) is 43.3. The zero-order valence-electron chi connectivity index (χ0n) is 49.5. The van der Waals surface area contributed by atoms with E-state index in [1.54, 1.807) is 0 Å². The maximum atomic E-state index is 13.4. The molecule has 7 rings (SSSR count). The van der Waals surface area contributed by atoms with E-state index in [4.69, 9.17) is 61.6 Å². The lowest BCUT2D eigenvalue weighted by Gasteiger charge is -2.52. The van der Waals surface area contributed by atoms with Crippen LogP contribution < -0.4 is 16.0 Å². The van der Waals surface area contributed by atoms with E-state index in [-0.39, 0.29) is 0 Å². The number of hydrogen-bond acceptors (Lipinski definition) is 37. The van der Waals surface area contributed by atoms with Crippen LogP contribution in [0.15, 0.2) is 0 Å². The summed E-state index contributed by atoms with van der Waals surface area (Å²) in [7, 11) is 0. The number of nitrogens with one attached hydrogen (secondary N) is 3. The van der Waals surface area contributed by atoms with Crippen molar-refractivity contribution in [1.82, 2.24) is 16.0 Å². The third kappa shape index (κ3) is 16.4. The number of carbonyl (C=O) groups excluding carboxylic acids is 3. The first kappa shape index (κ1) is 75.9. The Labute approximate surface area is 520 Å². The average Bonchev–Trinajstić information content (AvgIpc) is 0.763. The zero-order valence-corrected chi connectivity index (χ0v) is 49.5. The van der Waals surface area contributed by atoms with Gasteiger partial charge < -0.3 is 185 Å². The number of amides is 3. The van der Waals surface area contributed by atoms with Crippen molar-refractivity contribution < 1.29 is 188 Å². The van der Waals surface area contributed by atoms with Gasteiger partial charge in [0.1, 0.15) is 165 Å². The first-order valence-electron chi connectivity index (χ1n) is 29.1. The number of rotatable bonds is 24. The summed E-state index contributed by atoms with van der Waals surface area (Å²) in [5.41, 5.74) is 0. The Morgan fingerprint density at radius 3 is 1.47 bits per heavy atom. The minimum absolute atomic E-state index is 0.823. The molecule has 3 amide bonds. The van der Waals surface area contributed by atoms with Crippen LogP contribution in [0, 0.1) is 0 Å². The number of carboxylic acid groups (broad SMARTS) is 1. The fourth-order valence-electron chi connectivity index (χ4n) is 11.7. The highest BCUT2D eigenvalue weighted by Crippen LogP contribution is 2.41. The van der Waals surface area contributed by atoms with Gasteiger partial charge in [-0.05, 0) is 6.92 Å². The summed E-state index contributed by atoms with van der Waals surface area (Å²) >= 11 is 0. The lowest BCUT2D eigenvalue weighted by Crippen LogP contribution is -2.71. The minimum atomic E-state index is -3.40. The Morgan fingerprint density at radius 1 is 0.467 bits per heavy atom. The Kier molecular flexibility index (Phi) is 26.6. The van der Waals surface area contributed by atoms with Crippen molar-refractivity contribution in [2.45, 2.75) is 254 Å². The molecule has 7 aliphatic heterocycles. The molecule has 36 atom stereocenters. The number of carbonyl (C=O) groups is 4. The molecule has 0 aliphatic carbocycles. The molecule has 92 heavy (non-hydrogen) atoms. The molecule has 7 fully saturated rings. The third-order valence-corrected chi connectivity index (χ3v) is 16.7. The molecule has 0 aromatic heterocycles. The van der Waals surface area contributed by atoms with Crippen molar-refractivity contribution in [3.8, 4) is 0 Å². The third-order valence-electron chi connectivity index (χ3n) is 16.7. The molecule has 0 unspecified atom stereocenters. The fourth-order valence-corrected chi connectivity index (χ4v) is 11.7. The van der Waals surface area contributed by atoms with Gasteiger partial charge in [-0.15, -0.1) is 0 Å². The van der Waals surface area contributed by atoms with Crippen LogP contribution in [0.25, 0.3) is 0 Å². The Balaban J connectivity index is 1.24. The molecule has 24 N–H and O–H groups in total. The first-order valence-corrected chi connectivity index (χ1v) is 29.1. The van der Waals surface area contributed by atoms with E-state index in [0.29, 0.717) is 0 Å². The highest BCUT2D eigenvalue weighted by Gasteiger charge is 2.62. The smallest absolute Gasteiger partial charge is 0.364 e. The lowest BCUT2D eigenvalue weighted by atomic mass is 9.90. The predicted octanol–water partition coefficient (Wildman–Crippen LogP) is -15.6. The number of hydrogen-bond donors (Lipinski definition) is 24. The van der Waals surface area contributed by atoms with Crippen LogP contribution in [0.3, 0.4) is 0 Å². The highest BCUT2D eigenvalue weighted by molar-refractivity contribution is 5.76.